The minimum absolute atomic E-state index is 0.127. The first-order valence-corrected chi connectivity index (χ1v) is 7.69. The van der Waals surface area contributed by atoms with Gasteiger partial charge < -0.3 is 5.11 Å². The van der Waals surface area contributed by atoms with Crippen LogP contribution in [0.15, 0.2) is 17.5 Å². The minimum Gasteiger partial charge on any atom is -0.481 e. The molecule has 1 atom stereocenters. The minimum atomic E-state index is -3.41. The quantitative estimate of drug-likeness (QED) is 0.793. The van der Waals surface area contributed by atoms with Gasteiger partial charge in [-0.1, -0.05) is 6.07 Å². The van der Waals surface area contributed by atoms with Gasteiger partial charge in [0.1, 0.15) is 0 Å². The van der Waals surface area contributed by atoms with Crippen molar-refractivity contribution in [1.29, 1.82) is 0 Å². The number of rotatable bonds is 7. The van der Waals surface area contributed by atoms with Gasteiger partial charge in [-0.15, -0.1) is 11.3 Å². The average molecular weight is 277 g/mol. The Labute approximate surface area is 105 Å². The predicted octanol–water partition coefficient (Wildman–Crippen LogP) is 1.59. The molecule has 0 saturated carbocycles. The number of carboxylic acids is 1. The molecule has 1 aromatic heterocycles. The first-order valence-electron chi connectivity index (χ1n) is 5.16. The first kappa shape index (κ1) is 14.1. The fraction of sp³-hybridized carbons (Fsp3) is 0.500. The van der Waals surface area contributed by atoms with E-state index in [4.69, 9.17) is 5.11 Å². The summed E-state index contributed by atoms with van der Waals surface area (Å²) in [6.45, 7) is 1.76. The van der Waals surface area contributed by atoms with E-state index in [1.54, 1.807) is 6.92 Å². The lowest BCUT2D eigenvalue weighted by molar-refractivity contribution is -0.137. The standard InChI is InChI=1S/C10H15NO4S2/c1-8(9-4-2-6-16-9)11-17(14,15)7-3-5-10(12)13/h2,4,6,8,11H,3,5,7H2,1H3,(H,12,13). The van der Waals surface area contributed by atoms with Crippen molar-refractivity contribution in [1.82, 2.24) is 4.72 Å². The molecule has 0 aromatic carbocycles. The monoisotopic (exact) mass is 277 g/mol. The lowest BCUT2D eigenvalue weighted by Gasteiger charge is -2.12. The van der Waals surface area contributed by atoms with Crippen LogP contribution in [0.25, 0.3) is 0 Å². The normalized spacial score (nSPS) is 13.5. The highest BCUT2D eigenvalue weighted by atomic mass is 32.2. The number of hydrogen-bond acceptors (Lipinski definition) is 4. The molecule has 0 spiro atoms. The van der Waals surface area contributed by atoms with Crippen molar-refractivity contribution in [2.75, 3.05) is 5.75 Å². The molecule has 0 bridgehead atoms. The highest BCUT2D eigenvalue weighted by molar-refractivity contribution is 7.89. The third-order valence-electron chi connectivity index (χ3n) is 2.13. The topological polar surface area (TPSA) is 83.5 Å². The molecule has 1 unspecified atom stereocenters. The SMILES string of the molecule is CC(NS(=O)(=O)CCCC(=O)O)c1cccs1. The Bertz CT molecular complexity index is 453. The van der Waals surface area contributed by atoms with Crippen LogP contribution in [0.2, 0.25) is 0 Å². The van der Waals surface area contributed by atoms with Crippen molar-refractivity contribution in [3.63, 3.8) is 0 Å². The third kappa shape index (κ3) is 5.29. The fourth-order valence-corrected chi connectivity index (χ4v) is 3.45. The molecular formula is C10H15NO4S2. The van der Waals surface area contributed by atoms with Gasteiger partial charge in [0.25, 0.3) is 0 Å². The summed E-state index contributed by atoms with van der Waals surface area (Å²) < 4.78 is 25.8. The maximum Gasteiger partial charge on any atom is 0.303 e. The molecule has 0 aliphatic heterocycles. The lowest BCUT2D eigenvalue weighted by Crippen LogP contribution is -2.28. The molecule has 96 valence electrons. The van der Waals surface area contributed by atoms with Gasteiger partial charge in [0, 0.05) is 11.3 Å². The Morgan fingerprint density at radius 1 is 1.59 bits per heavy atom. The number of thiophene rings is 1. The number of carboxylic acid groups (broad SMARTS) is 1. The molecule has 0 aliphatic rings. The van der Waals surface area contributed by atoms with Crippen molar-refractivity contribution < 1.29 is 18.3 Å². The number of sulfonamides is 1. The van der Waals surface area contributed by atoms with Crippen LogP contribution >= 0.6 is 11.3 Å². The Morgan fingerprint density at radius 3 is 2.82 bits per heavy atom. The predicted molar refractivity (Wildman–Crippen MR) is 66.5 cm³/mol. The van der Waals surface area contributed by atoms with Crippen LogP contribution in [-0.2, 0) is 14.8 Å². The smallest absolute Gasteiger partial charge is 0.303 e. The zero-order chi connectivity index (χ0) is 12.9. The molecule has 1 heterocycles. The molecule has 17 heavy (non-hydrogen) atoms. The van der Waals surface area contributed by atoms with Gasteiger partial charge in [0.05, 0.1) is 11.8 Å². The van der Waals surface area contributed by atoms with E-state index in [-0.39, 0.29) is 24.6 Å². The Kier molecular flexibility index (Phi) is 5.10. The lowest BCUT2D eigenvalue weighted by atomic mass is 10.3. The maximum atomic E-state index is 11.6. The first-order chi connectivity index (χ1) is 7.91. The number of carbonyl (C=O) groups is 1. The zero-order valence-electron chi connectivity index (χ0n) is 9.42. The van der Waals surface area contributed by atoms with Crippen molar-refractivity contribution in [2.45, 2.75) is 25.8 Å². The highest BCUT2D eigenvalue weighted by Crippen LogP contribution is 2.19. The highest BCUT2D eigenvalue weighted by Gasteiger charge is 2.16. The number of hydrogen-bond donors (Lipinski definition) is 2. The fourth-order valence-electron chi connectivity index (χ4n) is 1.34. The van der Waals surface area contributed by atoms with E-state index < -0.39 is 16.0 Å². The van der Waals surface area contributed by atoms with Crippen LogP contribution in [0, 0.1) is 0 Å². The summed E-state index contributed by atoms with van der Waals surface area (Å²) in [5.74, 6) is -1.14. The van der Waals surface area contributed by atoms with Crippen molar-refractivity contribution in [3.8, 4) is 0 Å². The van der Waals surface area contributed by atoms with E-state index in [1.807, 2.05) is 17.5 Å². The van der Waals surface area contributed by atoms with E-state index in [2.05, 4.69) is 4.72 Å². The Balaban J connectivity index is 2.46. The van der Waals surface area contributed by atoms with Crippen molar-refractivity contribution >= 4 is 27.3 Å². The Hall–Kier alpha value is -0.920. The molecule has 0 fully saturated rings. The molecule has 2 N–H and O–H groups in total. The van der Waals surface area contributed by atoms with Gasteiger partial charge in [-0.2, -0.15) is 0 Å². The second kappa shape index (κ2) is 6.13. The number of aliphatic carboxylic acids is 1. The molecule has 7 heteroatoms. The summed E-state index contributed by atoms with van der Waals surface area (Å²) >= 11 is 1.48. The van der Waals surface area contributed by atoms with Gasteiger partial charge in [-0.3, -0.25) is 4.79 Å². The van der Waals surface area contributed by atoms with Gasteiger partial charge in [0.15, 0.2) is 0 Å². The molecule has 0 aliphatic carbocycles. The molecule has 1 aromatic rings. The summed E-state index contributed by atoms with van der Waals surface area (Å²) in [5, 5.41) is 10.3. The molecule has 1 rings (SSSR count). The second-order valence-corrected chi connectivity index (χ2v) is 6.52. The zero-order valence-corrected chi connectivity index (χ0v) is 11.1. The third-order valence-corrected chi connectivity index (χ3v) is 4.72. The summed E-state index contributed by atoms with van der Waals surface area (Å²) in [6, 6.07) is 3.44. The molecule has 0 radical (unpaired) electrons. The molecule has 0 amide bonds. The Morgan fingerprint density at radius 2 is 2.29 bits per heavy atom. The largest absolute Gasteiger partial charge is 0.481 e. The van der Waals surface area contributed by atoms with Crippen LogP contribution in [0.3, 0.4) is 0 Å². The van der Waals surface area contributed by atoms with Gasteiger partial charge in [-0.05, 0) is 24.8 Å². The van der Waals surface area contributed by atoms with E-state index in [1.165, 1.54) is 11.3 Å². The van der Waals surface area contributed by atoms with Gasteiger partial charge in [0.2, 0.25) is 10.0 Å². The van der Waals surface area contributed by atoms with E-state index in [0.29, 0.717) is 0 Å². The van der Waals surface area contributed by atoms with Crippen LogP contribution in [-0.4, -0.2) is 25.2 Å². The second-order valence-electron chi connectivity index (χ2n) is 3.67. The van der Waals surface area contributed by atoms with E-state index in [9.17, 15) is 13.2 Å². The van der Waals surface area contributed by atoms with Crippen LogP contribution in [0.5, 0.6) is 0 Å². The van der Waals surface area contributed by atoms with Gasteiger partial charge >= 0.3 is 5.97 Å². The van der Waals surface area contributed by atoms with Crippen LogP contribution in [0.4, 0.5) is 0 Å². The summed E-state index contributed by atoms with van der Waals surface area (Å²) in [4.78, 5) is 11.2. The summed E-state index contributed by atoms with van der Waals surface area (Å²) in [7, 11) is -3.41. The van der Waals surface area contributed by atoms with Crippen LogP contribution < -0.4 is 4.72 Å². The maximum absolute atomic E-state index is 11.6. The van der Waals surface area contributed by atoms with E-state index >= 15 is 0 Å². The van der Waals surface area contributed by atoms with Crippen molar-refractivity contribution in [2.24, 2.45) is 0 Å². The van der Waals surface area contributed by atoms with Gasteiger partial charge in [-0.25, -0.2) is 13.1 Å². The number of nitrogens with one attached hydrogen (secondary N) is 1. The summed E-state index contributed by atoms with van der Waals surface area (Å²) in [5.41, 5.74) is 0. The molecule has 0 saturated heterocycles. The molecule has 5 nitrogen and oxygen atoms in total. The molecular weight excluding hydrogens is 262 g/mol. The van der Waals surface area contributed by atoms with Crippen molar-refractivity contribution in [3.05, 3.63) is 22.4 Å². The van der Waals surface area contributed by atoms with Crippen LogP contribution in [0.1, 0.15) is 30.7 Å². The average Bonchev–Trinajstić information content (AvgIpc) is 2.68. The summed E-state index contributed by atoms with van der Waals surface area (Å²) in [6.07, 6.45) is -0.00385. The van der Waals surface area contributed by atoms with E-state index in [0.717, 1.165) is 4.88 Å².